The van der Waals surface area contributed by atoms with Crippen molar-refractivity contribution in [2.45, 2.75) is 13.5 Å². The maximum atomic E-state index is 12.3. The molecule has 3 N–H and O–H groups in total. The van der Waals surface area contributed by atoms with E-state index in [1.807, 2.05) is 42.8 Å². The van der Waals surface area contributed by atoms with Crippen LogP contribution in [0.1, 0.15) is 11.3 Å². The molecule has 0 saturated heterocycles. The van der Waals surface area contributed by atoms with Gasteiger partial charge in [0.15, 0.2) is 11.7 Å². The fourth-order valence-electron chi connectivity index (χ4n) is 2.76. The van der Waals surface area contributed by atoms with Crippen molar-refractivity contribution in [1.82, 2.24) is 4.98 Å². The second kappa shape index (κ2) is 9.34. The summed E-state index contributed by atoms with van der Waals surface area (Å²) in [5.74, 6) is 0.675. The van der Waals surface area contributed by atoms with Crippen LogP contribution in [-0.2, 0) is 11.3 Å². The number of anilines is 3. The lowest BCUT2D eigenvalue weighted by atomic mass is 10.2. The molecule has 0 aliphatic rings. The SMILES string of the molecule is COc1cccc(NC(=O)C[NH+](C)Cc2csc(Nc3ccc(C)cc3)n2)c1. The van der Waals surface area contributed by atoms with Crippen molar-refractivity contribution in [3.63, 3.8) is 0 Å². The van der Waals surface area contributed by atoms with Crippen LogP contribution < -0.4 is 20.3 Å². The van der Waals surface area contributed by atoms with Gasteiger partial charge in [0.05, 0.1) is 14.2 Å². The Labute approximate surface area is 169 Å². The minimum Gasteiger partial charge on any atom is -0.497 e. The number of hydrogen-bond donors (Lipinski definition) is 3. The third-order valence-corrected chi connectivity index (χ3v) is 4.96. The molecule has 0 aliphatic heterocycles. The molecule has 1 amide bonds. The number of ether oxygens (including phenoxy) is 1. The summed E-state index contributed by atoms with van der Waals surface area (Å²) in [7, 11) is 3.59. The Morgan fingerprint density at radius 1 is 1.18 bits per heavy atom. The summed E-state index contributed by atoms with van der Waals surface area (Å²) >= 11 is 1.57. The number of thiazole rings is 1. The minimum atomic E-state index is -0.0426. The van der Waals surface area contributed by atoms with E-state index in [1.54, 1.807) is 24.5 Å². The zero-order chi connectivity index (χ0) is 19.9. The monoisotopic (exact) mass is 397 g/mol. The highest BCUT2D eigenvalue weighted by atomic mass is 32.1. The number of rotatable bonds is 8. The van der Waals surface area contributed by atoms with Gasteiger partial charge in [-0.3, -0.25) is 4.79 Å². The molecule has 1 aromatic heterocycles. The summed E-state index contributed by atoms with van der Waals surface area (Å²) in [6, 6.07) is 15.6. The molecule has 3 aromatic rings. The first-order valence-corrected chi connectivity index (χ1v) is 9.93. The number of methoxy groups -OCH3 is 1. The minimum absolute atomic E-state index is 0.0426. The van der Waals surface area contributed by atoms with Crippen molar-refractivity contribution in [1.29, 1.82) is 0 Å². The number of hydrogen-bond acceptors (Lipinski definition) is 5. The van der Waals surface area contributed by atoms with Crippen LogP contribution in [0.2, 0.25) is 0 Å². The quantitative estimate of drug-likeness (QED) is 0.547. The highest BCUT2D eigenvalue weighted by Crippen LogP contribution is 2.21. The number of likely N-dealkylation sites (N-methyl/N-ethyl adjacent to an activating group) is 1. The highest BCUT2D eigenvalue weighted by molar-refractivity contribution is 7.13. The molecule has 146 valence electrons. The largest absolute Gasteiger partial charge is 0.497 e. The van der Waals surface area contributed by atoms with Gasteiger partial charge in [0.1, 0.15) is 18.0 Å². The van der Waals surface area contributed by atoms with E-state index in [0.717, 1.165) is 32.8 Å². The van der Waals surface area contributed by atoms with Crippen LogP contribution in [0.3, 0.4) is 0 Å². The Balaban J connectivity index is 1.50. The molecule has 3 rings (SSSR count). The van der Waals surface area contributed by atoms with E-state index < -0.39 is 0 Å². The van der Waals surface area contributed by atoms with Crippen molar-refractivity contribution < 1.29 is 14.4 Å². The number of nitrogens with zero attached hydrogens (tertiary/aromatic N) is 1. The maximum Gasteiger partial charge on any atom is 0.279 e. The second-order valence-corrected chi connectivity index (χ2v) is 7.58. The van der Waals surface area contributed by atoms with Crippen LogP contribution in [0.25, 0.3) is 0 Å². The highest BCUT2D eigenvalue weighted by Gasteiger charge is 2.13. The molecule has 0 bridgehead atoms. The van der Waals surface area contributed by atoms with Gasteiger partial charge in [0.2, 0.25) is 0 Å². The molecule has 0 radical (unpaired) electrons. The van der Waals surface area contributed by atoms with Crippen molar-refractivity contribution >= 4 is 33.8 Å². The summed E-state index contributed by atoms with van der Waals surface area (Å²) in [5, 5.41) is 9.10. The van der Waals surface area contributed by atoms with Gasteiger partial charge >= 0.3 is 0 Å². The van der Waals surface area contributed by atoms with Crippen LogP contribution in [0.15, 0.2) is 53.9 Å². The molecule has 1 atom stereocenters. The van der Waals surface area contributed by atoms with E-state index >= 15 is 0 Å². The van der Waals surface area contributed by atoms with Gasteiger partial charge in [-0.05, 0) is 31.2 Å². The van der Waals surface area contributed by atoms with E-state index in [4.69, 9.17) is 4.74 Å². The Hall–Kier alpha value is -2.90. The summed E-state index contributed by atoms with van der Waals surface area (Å²) in [6.07, 6.45) is 0. The van der Waals surface area contributed by atoms with Crippen molar-refractivity contribution in [3.05, 3.63) is 65.2 Å². The Kier molecular flexibility index (Phi) is 6.62. The third kappa shape index (κ3) is 5.80. The molecular formula is C21H25N4O2S+. The van der Waals surface area contributed by atoms with E-state index in [1.165, 1.54) is 5.56 Å². The lowest BCUT2D eigenvalue weighted by Gasteiger charge is -2.13. The Morgan fingerprint density at radius 2 is 1.96 bits per heavy atom. The normalized spacial score (nSPS) is 11.7. The van der Waals surface area contributed by atoms with Gasteiger partial charge < -0.3 is 20.3 Å². The first-order chi connectivity index (χ1) is 13.5. The second-order valence-electron chi connectivity index (χ2n) is 6.73. The van der Waals surface area contributed by atoms with Gasteiger partial charge in [0.25, 0.3) is 5.91 Å². The lowest BCUT2D eigenvalue weighted by Crippen LogP contribution is -3.08. The number of carbonyl (C=O) groups is 1. The molecular weight excluding hydrogens is 372 g/mol. The average Bonchev–Trinajstić information content (AvgIpc) is 3.10. The molecule has 6 nitrogen and oxygen atoms in total. The molecule has 0 aliphatic carbocycles. The van der Waals surface area contributed by atoms with Gasteiger partial charge in [-0.15, -0.1) is 11.3 Å². The summed E-state index contributed by atoms with van der Waals surface area (Å²) in [4.78, 5) is 18.0. The number of aromatic nitrogens is 1. The first kappa shape index (κ1) is 19.9. The number of benzene rings is 2. The van der Waals surface area contributed by atoms with Crippen molar-refractivity contribution in [2.75, 3.05) is 31.3 Å². The van der Waals surface area contributed by atoms with E-state index in [9.17, 15) is 4.79 Å². The number of amides is 1. The molecule has 1 heterocycles. The lowest BCUT2D eigenvalue weighted by molar-refractivity contribution is -0.885. The summed E-state index contributed by atoms with van der Waals surface area (Å²) < 4.78 is 5.18. The van der Waals surface area contributed by atoms with Crippen molar-refractivity contribution in [2.24, 2.45) is 0 Å². The maximum absolute atomic E-state index is 12.3. The van der Waals surface area contributed by atoms with Gasteiger partial charge in [0, 0.05) is 22.8 Å². The van der Waals surface area contributed by atoms with Crippen LogP contribution >= 0.6 is 11.3 Å². The molecule has 28 heavy (non-hydrogen) atoms. The number of aryl methyl sites for hydroxylation is 1. The molecule has 0 saturated carbocycles. The first-order valence-electron chi connectivity index (χ1n) is 9.05. The predicted octanol–water partition coefficient (Wildman–Crippen LogP) is 2.86. The Morgan fingerprint density at radius 3 is 2.71 bits per heavy atom. The zero-order valence-electron chi connectivity index (χ0n) is 16.3. The summed E-state index contributed by atoms with van der Waals surface area (Å²) in [6.45, 7) is 3.10. The van der Waals surface area contributed by atoms with Gasteiger partial charge in [-0.25, -0.2) is 4.98 Å². The van der Waals surface area contributed by atoms with Crippen LogP contribution in [0, 0.1) is 6.92 Å². The average molecular weight is 398 g/mol. The third-order valence-electron chi connectivity index (χ3n) is 4.15. The number of quaternary nitrogens is 1. The topological polar surface area (TPSA) is 67.7 Å². The van der Waals surface area contributed by atoms with Crippen molar-refractivity contribution in [3.8, 4) is 5.75 Å². The fourth-order valence-corrected chi connectivity index (χ4v) is 3.49. The van der Waals surface area contributed by atoms with Crippen LogP contribution in [0.5, 0.6) is 5.75 Å². The van der Waals surface area contributed by atoms with Crippen LogP contribution in [0.4, 0.5) is 16.5 Å². The predicted molar refractivity (Wildman–Crippen MR) is 114 cm³/mol. The molecule has 0 spiro atoms. The Bertz CT molecular complexity index is 924. The zero-order valence-corrected chi connectivity index (χ0v) is 17.1. The van der Waals surface area contributed by atoms with Gasteiger partial charge in [-0.1, -0.05) is 23.8 Å². The number of nitrogens with one attached hydrogen (secondary N) is 3. The molecule has 1 unspecified atom stereocenters. The van der Waals surface area contributed by atoms with Crippen LogP contribution in [-0.4, -0.2) is 31.6 Å². The van der Waals surface area contributed by atoms with E-state index in [-0.39, 0.29) is 5.91 Å². The van der Waals surface area contributed by atoms with Gasteiger partial charge in [-0.2, -0.15) is 0 Å². The molecule has 0 fully saturated rings. The van der Waals surface area contributed by atoms with E-state index in [2.05, 4.69) is 34.7 Å². The summed E-state index contributed by atoms with van der Waals surface area (Å²) in [5.41, 5.74) is 3.94. The fraction of sp³-hybridized carbons (Fsp3) is 0.238. The number of carbonyl (C=O) groups excluding carboxylic acids is 1. The van der Waals surface area contributed by atoms with E-state index in [0.29, 0.717) is 13.1 Å². The standard InChI is InChI=1S/C21H24N4O2S/c1-15-7-9-16(10-8-15)23-21-24-18(14-28-21)12-25(2)13-20(26)22-17-5-4-6-19(11-17)27-3/h4-11,14H,12-13H2,1-3H3,(H,22,26)(H,23,24)/p+1. The smallest absolute Gasteiger partial charge is 0.279 e. The molecule has 2 aromatic carbocycles. The molecule has 7 heteroatoms.